The van der Waals surface area contributed by atoms with E-state index >= 15 is 0 Å². The molecule has 1 saturated carbocycles. The maximum Gasteiger partial charge on any atom is 0.416 e. The molecular weight excluding hydrogens is 279 g/mol. The molecule has 1 fully saturated rings. The molecule has 1 aromatic heterocycles. The highest BCUT2D eigenvalue weighted by molar-refractivity contribution is 5.79. The van der Waals surface area contributed by atoms with E-state index in [4.69, 9.17) is 5.73 Å². The van der Waals surface area contributed by atoms with E-state index in [-0.39, 0.29) is 5.54 Å². The third kappa shape index (κ3) is 2.36. The zero-order valence-electron chi connectivity index (χ0n) is 11.9. The van der Waals surface area contributed by atoms with Crippen molar-refractivity contribution in [3.63, 3.8) is 0 Å². The van der Waals surface area contributed by atoms with Crippen LogP contribution in [0.2, 0.25) is 0 Å². The molecule has 0 bridgehead atoms. The van der Waals surface area contributed by atoms with E-state index in [1.165, 1.54) is 12.5 Å². The summed E-state index contributed by atoms with van der Waals surface area (Å²) in [6.07, 6.45) is 1.00. The number of nitrogens with two attached hydrogens (primary N) is 1. The molecule has 1 heterocycles. The van der Waals surface area contributed by atoms with Gasteiger partial charge in [0, 0.05) is 5.54 Å². The Morgan fingerprint density at radius 2 is 1.86 bits per heavy atom. The molecule has 0 amide bonds. The summed E-state index contributed by atoms with van der Waals surface area (Å²) in [5, 5.41) is 0. The van der Waals surface area contributed by atoms with Crippen LogP contribution in [0.15, 0.2) is 18.2 Å². The summed E-state index contributed by atoms with van der Waals surface area (Å²) in [6, 6.07) is 3.67. The van der Waals surface area contributed by atoms with Gasteiger partial charge in [0.1, 0.15) is 0 Å². The lowest BCUT2D eigenvalue weighted by Gasteiger charge is -2.36. The molecule has 6 heteroatoms. The smallest absolute Gasteiger partial charge is 0.369 e. The molecule has 1 aliphatic rings. The summed E-state index contributed by atoms with van der Waals surface area (Å²) in [7, 11) is 0. The molecule has 1 aliphatic carbocycles. The molecule has 1 aromatic carbocycles. The summed E-state index contributed by atoms with van der Waals surface area (Å²) < 4.78 is 40.3. The van der Waals surface area contributed by atoms with E-state index in [0.717, 1.165) is 37.8 Å². The lowest BCUT2D eigenvalue weighted by molar-refractivity contribution is -0.137. The van der Waals surface area contributed by atoms with Crippen molar-refractivity contribution < 1.29 is 13.2 Å². The molecule has 114 valence electrons. The van der Waals surface area contributed by atoms with Gasteiger partial charge in [-0.3, -0.25) is 0 Å². The molecular formula is C15H18F3N3. The van der Waals surface area contributed by atoms with Crippen molar-refractivity contribution in [2.75, 3.05) is 5.73 Å². The number of fused-ring (bicyclic) bond motifs is 1. The molecule has 2 N–H and O–H groups in total. The highest BCUT2D eigenvalue weighted by Gasteiger charge is 2.34. The molecule has 0 aliphatic heterocycles. The summed E-state index contributed by atoms with van der Waals surface area (Å²) in [6.45, 7) is 2.11. The standard InChI is InChI=1S/C15H18F3N3/c1-14(7-3-2-4-8-14)21-12-6-5-10(15(16,17)18)9-11(12)20-13(21)19/h5-6,9H,2-4,7-8H2,1H3,(H2,19,20). The van der Waals surface area contributed by atoms with E-state index in [0.29, 0.717) is 17.0 Å². The van der Waals surface area contributed by atoms with Gasteiger partial charge >= 0.3 is 6.18 Å². The maximum absolute atomic E-state index is 12.8. The average Bonchev–Trinajstić information content (AvgIpc) is 2.74. The van der Waals surface area contributed by atoms with Crippen molar-refractivity contribution in [2.24, 2.45) is 0 Å². The zero-order valence-corrected chi connectivity index (χ0v) is 11.9. The number of aromatic nitrogens is 2. The van der Waals surface area contributed by atoms with E-state index < -0.39 is 11.7 Å². The Kier molecular flexibility index (Phi) is 3.15. The van der Waals surface area contributed by atoms with Crippen molar-refractivity contribution >= 4 is 17.0 Å². The Morgan fingerprint density at radius 1 is 1.19 bits per heavy atom. The number of nitrogen functional groups attached to an aromatic ring is 1. The number of hydrogen-bond acceptors (Lipinski definition) is 2. The van der Waals surface area contributed by atoms with Gasteiger partial charge in [-0.15, -0.1) is 0 Å². The molecule has 3 nitrogen and oxygen atoms in total. The number of anilines is 1. The predicted octanol–water partition coefficient (Wildman–Crippen LogP) is 4.32. The molecule has 0 spiro atoms. The van der Waals surface area contributed by atoms with Gasteiger partial charge in [0.05, 0.1) is 16.6 Å². The lowest BCUT2D eigenvalue weighted by atomic mass is 9.83. The van der Waals surface area contributed by atoms with Crippen molar-refractivity contribution in [3.05, 3.63) is 23.8 Å². The number of alkyl halides is 3. The minimum absolute atomic E-state index is 0.156. The first-order valence-electron chi connectivity index (χ1n) is 7.17. The summed E-state index contributed by atoms with van der Waals surface area (Å²) >= 11 is 0. The van der Waals surface area contributed by atoms with Crippen molar-refractivity contribution in [2.45, 2.75) is 50.7 Å². The van der Waals surface area contributed by atoms with Crippen molar-refractivity contribution in [1.29, 1.82) is 0 Å². The Morgan fingerprint density at radius 3 is 2.48 bits per heavy atom. The second-order valence-corrected chi connectivity index (χ2v) is 6.06. The van der Waals surface area contributed by atoms with Gasteiger partial charge in [0.25, 0.3) is 0 Å². The van der Waals surface area contributed by atoms with E-state index in [9.17, 15) is 13.2 Å². The van der Waals surface area contributed by atoms with Gasteiger partial charge in [-0.05, 0) is 38.0 Å². The fourth-order valence-corrected chi connectivity index (χ4v) is 3.38. The normalized spacial score (nSPS) is 19.0. The fraction of sp³-hybridized carbons (Fsp3) is 0.533. The summed E-state index contributed by atoms with van der Waals surface area (Å²) in [4.78, 5) is 4.15. The molecule has 0 unspecified atom stereocenters. The molecule has 0 radical (unpaired) electrons. The van der Waals surface area contributed by atoms with Crippen LogP contribution in [0.25, 0.3) is 11.0 Å². The number of hydrogen-bond donors (Lipinski definition) is 1. The molecule has 0 atom stereocenters. The quantitative estimate of drug-likeness (QED) is 0.852. The highest BCUT2D eigenvalue weighted by Crippen LogP contribution is 2.39. The monoisotopic (exact) mass is 297 g/mol. The first-order valence-corrected chi connectivity index (χ1v) is 7.17. The van der Waals surface area contributed by atoms with E-state index in [2.05, 4.69) is 11.9 Å². The number of rotatable bonds is 1. The van der Waals surface area contributed by atoms with Crippen LogP contribution in [0, 0.1) is 0 Å². The Labute approximate surface area is 121 Å². The summed E-state index contributed by atoms with van der Waals surface area (Å²) in [5.74, 6) is 0.300. The minimum Gasteiger partial charge on any atom is -0.369 e. The van der Waals surface area contributed by atoms with Crippen LogP contribution in [0.5, 0.6) is 0 Å². The first kappa shape index (κ1) is 14.2. The third-order valence-electron chi connectivity index (χ3n) is 4.48. The molecule has 3 rings (SSSR count). The minimum atomic E-state index is -4.36. The maximum atomic E-state index is 12.8. The van der Waals surface area contributed by atoms with E-state index in [1.807, 2.05) is 4.57 Å². The van der Waals surface area contributed by atoms with Crippen molar-refractivity contribution in [1.82, 2.24) is 9.55 Å². The summed E-state index contributed by atoms with van der Waals surface area (Å²) in [5.41, 5.74) is 6.16. The van der Waals surface area contributed by atoms with Crippen molar-refractivity contribution in [3.8, 4) is 0 Å². The van der Waals surface area contributed by atoms with Gasteiger partial charge in [-0.2, -0.15) is 13.2 Å². The molecule has 21 heavy (non-hydrogen) atoms. The Balaban J connectivity index is 2.14. The predicted molar refractivity (Wildman–Crippen MR) is 75.9 cm³/mol. The number of halogens is 3. The van der Waals surface area contributed by atoms with Crippen LogP contribution in [-0.2, 0) is 11.7 Å². The van der Waals surface area contributed by atoms with Crippen LogP contribution >= 0.6 is 0 Å². The highest BCUT2D eigenvalue weighted by atomic mass is 19.4. The first-order chi connectivity index (χ1) is 9.81. The topological polar surface area (TPSA) is 43.8 Å². The largest absolute Gasteiger partial charge is 0.416 e. The lowest BCUT2D eigenvalue weighted by Crippen LogP contribution is -2.33. The van der Waals surface area contributed by atoms with Crippen LogP contribution < -0.4 is 5.73 Å². The van der Waals surface area contributed by atoms with Crippen LogP contribution in [-0.4, -0.2) is 9.55 Å². The van der Waals surface area contributed by atoms with E-state index in [1.54, 1.807) is 0 Å². The Hall–Kier alpha value is -1.72. The van der Waals surface area contributed by atoms with Crippen LogP contribution in [0.3, 0.4) is 0 Å². The second kappa shape index (κ2) is 4.64. The van der Waals surface area contributed by atoms with Gasteiger partial charge in [-0.25, -0.2) is 4.98 Å². The Bertz CT molecular complexity index is 667. The van der Waals surface area contributed by atoms with Crippen LogP contribution in [0.1, 0.15) is 44.6 Å². The molecule has 2 aromatic rings. The number of nitrogens with zero attached hydrogens (tertiary/aromatic N) is 2. The number of benzene rings is 1. The van der Waals surface area contributed by atoms with Gasteiger partial charge in [0.2, 0.25) is 5.95 Å². The van der Waals surface area contributed by atoms with Gasteiger partial charge < -0.3 is 10.3 Å². The fourth-order valence-electron chi connectivity index (χ4n) is 3.38. The SMILES string of the molecule is CC1(n2c(N)nc3cc(C(F)(F)F)ccc32)CCCCC1. The van der Waals surface area contributed by atoms with Crippen LogP contribution in [0.4, 0.5) is 19.1 Å². The second-order valence-electron chi connectivity index (χ2n) is 6.06. The third-order valence-corrected chi connectivity index (χ3v) is 4.48. The molecule has 0 saturated heterocycles. The average molecular weight is 297 g/mol. The number of imidazole rings is 1. The zero-order chi connectivity index (χ0) is 15.3. The van der Waals surface area contributed by atoms with Gasteiger partial charge in [-0.1, -0.05) is 19.3 Å². The van der Waals surface area contributed by atoms with Gasteiger partial charge in [0.15, 0.2) is 0 Å².